The van der Waals surface area contributed by atoms with Crippen LogP contribution in [0.2, 0.25) is 0 Å². The predicted molar refractivity (Wildman–Crippen MR) is 102 cm³/mol. The molecule has 4 rings (SSSR count). The zero-order chi connectivity index (χ0) is 17.2. The molecular weight excluding hydrogens is 308 g/mol. The SMILES string of the molecule is CC[NH+](CC)CCn1c(-c2ccccc2)c[n+]2c3ccccc3[nH]c12. The number of hydrogen-bond donors (Lipinski definition) is 2. The molecule has 2 aromatic heterocycles. The van der Waals surface area contributed by atoms with Gasteiger partial charge < -0.3 is 4.90 Å². The molecule has 128 valence electrons. The number of hydrogen-bond acceptors (Lipinski definition) is 0. The van der Waals surface area contributed by atoms with Gasteiger partial charge in [-0.2, -0.15) is 4.40 Å². The molecule has 0 aliphatic carbocycles. The number of aromatic amines is 1. The summed E-state index contributed by atoms with van der Waals surface area (Å²) >= 11 is 0. The Morgan fingerprint density at radius 3 is 2.44 bits per heavy atom. The van der Waals surface area contributed by atoms with Crippen molar-refractivity contribution in [2.24, 2.45) is 0 Å². The molecule has 0 amide bonds. The van der Waals surface area contributed by atoms with E-state index in [-0.39, 0.29) is 0 Å². The molecule has 0 spiro atoms. The number of para-hydroxylation sites is 2. The number of benzene rings is 2. The highest BCUT2D eigenvalue weighted by molar-refractivity contribution is 5.74. The molecule has 2 heterocycles. The van der Waals surface area contributed by atoms with Gasteiger partial charge in [-0.15, -0.1) is 0 Å². The van der Waals surface area contributed by atoms with Crippen molar-refractivity contribution < 1.29 is 9.30 Å². The van der Waals surface area contributed by atoms with Crippen LogP contribution in [0.1, 0.15) is 13.8 Å². The number of aromatic nitrogens is 3. The third-order valence-electron chi connectivity index (χ3n) is 5.19. The van der Waals surface area contributed by atoms with Crippen LogP contribution in [-0.4, -0.2) is 29.2 Å². The van der Waals surface area contributed by atoms with E-state index in [9.17, 15) is 0 Å². The molecule has 0 fully saturated rings. The van der Waals surface area contributed by atoms with Gasteiger partial charge in [-0.05, 0) is 26.0 Å². The third kappa shape index (κ3) is 2.83. The second-order valence-electron chi connectivity index (χ2n) is 6.57. The van der Waals surface area contributed by atoms with Gasteiger partial charge in [-0.1, -0.05) is 42.5 Å². The summed E-state index contributed by atoms with van der Waals surface area (Å²) in [6, 6.07) is 19.2. The Hall–Kier alpha value is -2.59. The van der Waals surface area contributed by atoms with Gasteiger partial charge in [-0.25, -0.2) is 9.55 Å². The minimum atomic E-state index is 1.00. The summed E-state index contributed by atoms with van der Waals surface area (Å²) < 4.78 is 4.72. The number of nitrogens with one attached hydrogen (secondary N) is 2. The average Bonchev–Trinajstić information content (AvgIpc) is 3.20. The lowest BCUT2D eigenvalue weighted by Gasteiger charge is -2.14. The van der Waals surface area contributed by atoms with E-state index >= 15 is 0 Å². The van der Waals surface area contributed by atoms with E-state index in [1.807, 2.05) is 0 Å². The molecule has 0 saturated heterocycles. The third-order valence-corrected chi connectivity index (χ3v) is 5.19. The summed E-state index contributed by atoms with van der Waals surface area (Å²) in [4.78, 5) is 5.24. The van der Waals surface area contributed by atoms with Crippen molar-refractivity contribution in [2.45, 2.75) is 20.4 Å². The van der Waals surface area contributed by atoms with Gasteiger partial charge in [-0.3, -0.25) is 0 Å². The predicted octanol–water partition coefficient (Wildman–Crippen LogP) is 2.30. The number of imidazole rings is 2. The van der Waals surface area contributed by atoms with Crippen LogP contribution in [0.4, 0.5) is 0 Å². The van der Waals surface area contributed by atoms with Crippen LogP contribution in [-0.2, 0) is 6.54 Å². The molecule has 0 aliphatic heterocycles. The number of quaternary nitrogens is 1. The smallest absolute Gasteiger partial charge is 0.333 e. The molecule has 25 heavy (non-hydrogen) atoms. The second kappa shape index (κ2) is 6.73. The lowest BCUT2D eigenvalue weighted by molar-refractivity contribution is -0.897. The highest BCUT2D eigenvalue weighted by Gasteiger charge is 2.22. The maximum atomic E-state index is 3.61. The first kappa shape index (κ1) is 15.9. The first-order valence-corrected chi connectivity index (χ1v) is 9.22. The number of nitrogens with zero attached hydrogens (tertiary/aromatic N) is 2. The number of H-pyrrole nitrogens is 1. The fraction of sp³-hybridized carbons (Fsp3) is 0.286. The largest absolute Gasteiger partial charge is 0.368 e. The molecule has 2 aromatic carbocycles. The van der Waals surface area contributed by atoms with Gasteiger partial charge in [0.15, 0.2) is 0 Å². The summed E-state index contributed by atoms with van der Waals surface area (Å²) in [6.45, 7) is 9.00. The van der Waals surface area contributed by atoms with Crippen molar-refractivity contribution in [1.82, 2.24) is 9.55 Å². The zero-order valence-electron chi connectivity index (χ0n) is 15.0. The van der Waals surface area contributed by atoms with E-state index in [1.54, 1.807) is 4.90 Å². The van der Waals surface area contributed by atoms with E-state index in [4.69, 9.17) is 0 Å². The van der Waals surface area contributed by atoms with Crippen molar-refractivity contribution in [1.29, 1.82) is 0 Å². The number of rotatable bonds is 6. The normalized spacial score (nSPS) is 11.8. The first-order valence-electron chi connectivity index (χ1n) is 9.22. The molecule has 4 nitrogen and oxygen atoms in total. The Balaban J connectivity index is 1.86. The van der Waals surface area contributed by atoms with Gasteiger partial charge in [0.1, 0.15) is 36.0 Å². The highest BCUT2D eigenvalue weighted by Crippen LogP contribution is 2.22. The highest BCUT2D eigenvalue weighted by atomic mass is 15.2. The van der Waals surface area contributed by atoms with Crippen molar-refractivity contribution in [3.05, 3.63) is 60.8 Å². The van der Waals surface area contributed by atoms with Crippen molar-refractivity contribution in [3.8, 4) is 11.3 Å². The van der Waals surface area contributed by atoms with E-state index < -0.39 is 0 Å². The van der Waals surface area contributed by atoms with Crippen LogP contribution in [0, 0.1) is 0 Å². The fourth-order valence-electron chi connectivity index (χ4n) is 3.66. The van der Waals surface area contributed by atoms with Crippen LogP contribution in [0.25, 0.3) is 28.1 Å². The topological polar surface area (TPSA) is 29.3 Å². The van der Waals surface area contributed by atoms with Gasteiger partial charge in [0.2, 0.25) is 0 Å². The Morgan fingerprint density at radius 1 is 0.960 bits per heavy atom. The molecule has 4 heteroatoms. The first-order chi connectivity index (χ1) is 12.3. The zero-order valence-corrected chi connectivity index (χ0v) is 15.0. The monoisotopic (exact) mass is 334 g/mol. The van der Waals surface area contributed by atoms with Crippen molar-refractivity contribution in [2.75, 3.05) is 19.6 Å². The maximum Gasteiger partial charge on any atom is 0.368 e. The van der Waals surface area contributed by atoms with Crippen molar-refractivity contribution >= 4 is 16.8 Å². The van der Waals surface area contributed by atoms with E-state index in [1.165, 1.54) is 35.4 Å². The molecule has 0 unspecified atom stereocenters. The van der Waals surface area contributed by atoms with Gasteiger partial charge >= 0.3 is 5.78 Å². The maximum absolute atomic E-state index is 3.61. The lowest BCUT2D eigenvalue weighted by atomic mass is 10.2. The van der Waals surface area contributed by atoms with Crippen LogP contribution < -0.4 is 9.30 Å². The lowest BCUT2D eigenvalue weighted by Crippen LogP contribution is -3.11. The molecule has 0 saturated carbocycles. The molecule has 2 N–H and O–H groups in total. The van der Waals surface area contributed by atoms with Gasteiger partial charge in [0.25, 0.3) is 0 Å². The second-order valence-corrected chi connectivity index (χ2v) is 6.57. The van der Waals surface area contributed by atoms with Crippen LogP contribution in [0.5, 0.6) is 0 Å². The minimum absolute atomic E-state index is 1.00. The Bertz CT molecular complexity index is 977. The number of likely N-dealkylation sites (N-methyl/N-ethyl adjacent to an activating group) is 1. The van der Waals surface area contributed by atoms with Crippen LogP contribution in [0.15, 0.2) is 60.8 Å². The summed E-state index contributed by atoms with van der Waals surface area (Å²) in [7, 11) is 0. The molecule has 0 aliphatic rings. The van der Waals surface area contributed by atoms with E-state index in [2.05, 4.69) is 88.6 Å². The molecule has 4 aromatic rings. The van der Waals surface area contributed by atoms with Crippen LogP contribution >= 0.6 is 0 Å². The molecule has 0 bridgehead atoms. The van der Waals surface area contributed by atoms with Crippen LogP contribution in [0.3, 0.4) is 0 Å². The minimum Gasteiger partial charge on any atom is -0.333 e. The molecule has 0 atom stereocenters. The Kier molecular flexibility index (Phi) is 4.28. The van der Waals surface area contributed by atoms with Gasteiger partial charge in [0, 0.05) is 5.56 Å². The summed E-state index contributed by atoms with van der Waals surface area (Å²) in [5.74, 6) is 1.16. The van der Waals surface area contributed by atoms with Crippen molar-refractivity contribution in [3.63, 3.8) is 0 Å². The standard InChI is InChI=1S/C21H24N4/c1-3-23(4-2)14-15-24-20(17-10-6-5-7-11-17)16-25-19-13-9-8-12-18(19)22-21(24)25/h5-13,16H,3-4,14-15H2,1-2H3/p+2. The van der Waals surface area contributed by atoms with Gasteiger partial charge in [0.05, 0.1) is 13.1 Å². The Morgan fingerprint density at radius 2 is 1.68 bits per heavy atom. The summed E-state index contributed by atoms with van der Waals surface area (Å²) in [5.41, 5.74) is 4.94. The summed E-state index contributed by atoms with van der Waals surface area (Å²) in [6.07, 6.45) is 2.26. The summed E-state index contributed by atoms with van der Waals surface area (Å²) in [5, 5.41) is 0. The van der Waals surface area contributed by atoms with E-state index in [0.29, 0.717) is 0 Å². The molecule has 0 radical (unpaired) electrons. The fourth-order valence-corrected chi connectivity index (χ4v) is 3.66. The Labute approximate surface area is 148 Å². The average molecular weight is 334 g/mol. The number of fused-ring (bicyclic) bond motifs is 3. The molecular formula is C21H26N4+2. The quantitative estimate of drug-likeness (QED) is 0.507. The van der Waals surface area contributed by atoms with E-state index in [0.717, 1.165) is 18.9 Å².